The molecule has 1 aromatic heterocycles. The van der Waals surface area contributed by atoms with Crippen LogP contribution in [-0.4, -0.2) is 34.6 Å². The molecule has 1 fully saturated rings. The average Bonchev–Trinajstić information content (AvgIpc) is 3.44. The summed E-state index contributed by atoms with van der Waals surface area (Å²) in [4.78, 5) is 17.0. The van der Waals surface area contributed by atoms with E-state index in [1.54, 1.807) is 17.7 Å². The lowest BCUT2D eigenvalue weighted by molar-refractivity contribution is -0.149. The monoisotopic (exact) mass is 472 g/mol. The third-order valence-electron chi connectivity index (χ3n) is 6.57. The summed E-state index contributed by atoms with van der Waals surface area (Å²) in [7, 11) is -1.87. The number of benzene rings is 1. The van der Waals surface area contributed by atoms with Gasteiger partial charge in [0.25, 0.3) is 0 Å². The lowest BCUT2D eigenvalue weighted by atomic mass is 9.82. The van der Waals surface area contributed by atoms with Gasteiger partial charge < -0.3 is 14.4 Å². The molecule has 0 amide bonds. The number of cyclic esters (lactones) is 1. The summed E-state index contributed by atoms with van der Waals surface area (Å²) in [5.41, 5.74) is 0.879. The number of aliphatic hydroxyl groups is 1. The zero-order valence-electron chi connectivity index (χ0n) is 19.5. The Morgan fingerprint density at radius 3 is 2.52 bits per heavy atom. The van der Waals surface area contributed by atoms with Crippen LogP contribution in [0.4, 0.5) is 0 Å². The van der Waals surface area contributed by atoms with Crippen LogP contribution in [0.15, 0.2) is 53.1 Å². The predicted molar refractivity (Wildman–Crippen MR) is 124 cm³/mol. The lowest BCUT2D eigenvalue weighted by Gasteiger charge is -2.27. The highest BCUT2D eigenvalue weighted by Crippen LogP contribution is 2.52. The van der Waals surface area contributed by atoms with Crippen LogP contribution in [0.25, 0.3) is 0 Å². The van der Waals surface area contributed by atoms with Crippen LogP contribution in [0, 0.1) is 5.92 Å². The maximum atomic E-state index is 13.1. The van der Waals surface area contributed by atoms with E-state index >= 15 is 0 Å². The van der Waals surface area contributed by atoms with Gasteiger partial charge in [-0.1, -0.05) is 51.0 Å². The zero-order chi connectivity index (χ0) is 23.8. The average molecular weight is 473 g/mol. The van der Waals surface area contributed by atoms with Gasteiger partial charge in [0, 0.05) is 19.2 Å². The molecule has 7 nitrogen and oxygen atoms in total. The Morgan fingerprint density at radius 1 is 1.24 bits per heavy atom. The fourth-order valence-electron chi connectivity index (χ4n) is 4.99. The maximum absolute atomic E-state index is 13.1. The molecule has 4 rings (SSSR count). The summed E-state index contributed by atoms with van der Waals surface area (Å²) in [6, 6.07) is 7.34. The Bertz CT molecular complexity index is 1170. The van der Waals surface area contributed by atoms with Crippen LogP contribution in [0.5, 0.6) is 0 Å². The highest BCUT2D eigenvalue weighted by atomic mass is 32.2. The Balaban J connectivity index is 1.70. The first-order chi connectivity index (χ1) is 15.7. The summed E-state index contributed by atoms with van der Waals surface area (Å²) in [6.07, 6.45) is 7.62. The number of rotatable bonds is 10. The number of carbonyl (C=O) groups is 1. The van der Waals surface area contributed by atoms with E-state index in [0.717, 1.165) is 31.2 Å². The molecule has 1 atom stereocenters. The summed E-state index contributed by atoms with van der Waals surface area (Å²) in [6.45, 7) is 4.03. The third kappa shape index (κ3) is 4.58. The van der Waals surface area contributed by atoms with E-state index in [1.807, 2.05) is 32.0 Å². The summed E-state index contributed by atoms with van der Waals surface area (Å²) in [5, 5.41) is 11.3. The van der Waals surface area contributed by atoms with Crippen LogP contribution >= 0.6 is 0 Å². The van der Waals surface area contributed by atoms with Crippen LogP contribution in [-0.2, 0) is 32.2 Å². The molecule has 1 saturated carbocycles. The normalized spacial score (nSPS) is 19.1. The lowest BCUT2D eigenvalue weighted by Crippen LogP contribution is -2.31. The van der Waals surface area contributed by atoms with Crippen LogP contribution in [0.1, 0.15) is 69.4 Å². The number of aliphatic hydroxyl groups excluding tert-OH is 1. The molecule has 0 spiro atoms. The molecule has 0 saturated heterocycles. The number of aromatic nitrogens is 2. The molecule has 2 aromatic rings. The van der Waals surface area contributed by atoms with E-state index in [2.05, 4.69) is 4.98 Å². The minimum absolute atomic E-state index is 0.0396. The van der Waals surface area contributed by atoms with Crippen molar-refractivity contribution in [2.24, 2.45) is 13.0 Å². The van der Waals surface area contributed by atoms with Gasteiger partial charge in [0.2, 0.25) is 9.84 Å². The van der Waals surface area contributed by atoms with E-state index in [-0.39, 0.29) is 28.4 Å². The predicted octanol–water partition coefficient (Wildman–Crippen LogP) is 4.60. The van der Waals surface area contributed by atoms with E-state index in [4.69, 9.17) is 4.74 Å². The Hall–Kier alpha value is -2.61. The molecular formula is C25H32N2O5S. The Labute approximate surface area is 195 Å². The number of ether oxygens (including phenoxy) is 1. The molecule has 1 aliphatic carbocycles. The van der Waals surface area contributed by atoms with E-state index < -0.39 is 21.4 Å². The molecule has 0 radical (unpaired) electrons. The van der Waals surface area contributed by atoms with Crippen molar-refractivity contribution in [3.63, 3.8) is 0 Å². The summed E-state index contributed by atoms with van der Waals surface area (Å²) < 4.78 is 33.1. The number of hydrogen-bond acceptors (Lipinski definition) is 6. The first-order valence-electron chi connectivity index (χ1n) is 11.7. The first kappa shape index (κ1) is 23.5. The first-order valence-corrected chi connectivity index (χ1v) is 13.3. The van der Waals surface area contributed by atoms with Gasteiger partial charge in [-0.15, -0.1) is 0 Å². The largest absolute Gasteiger partial charge is 0.507 e. The van der Waals surface area contributed by atoms with Gasteiger partial charge in [-0.3, -0.25) is 0 Å². The van der Waals surface area contributed by atoms with Crippen molar-refractivity contribution in [3.05, 3.63) is 59.2 Å². The molecule has 0 bridgehead atoms. The van der Waals surface area contributed by atoms with Crippen molar-refractivity contribution >= 4 is 15.8 Å². The number of nitrogens with zero attached hydrogens (tertiary/aromatic N) is 2. The fourth-order valence-corrected chi connectivity index (χ4v) is 6.29. The van der Waals surface area contributed by atoms with Gasteiger partial charge >= 0.3 is 5.97 Å². The van der Waals surface area contributed by atoms with Gasteiger partial charge in [-0.2, -0.15) is 0 Å². The van der Waals surface area contributed by atoms with Crippen molar-refractivity contribution < 1.29 is 23.1 Å². The SMILES string of the molecule is CCCC1(CCC)OC(=O)C(C(c2cccc(CS(=O)(=O)c3cn(C)cn3)c2)C2CC2)=C1O. The second-order valence-corrected chi connectivity index (χ2v) is 11.3. The summed E-state index contributed by atoms with van der Waals surface area (Å²) >= 11 is 0. The molecule has 8 heteroatoms. The highest BCUT2D eigenvalue weighted by Gasteiger charge is 2.51. The van der Waals surface area contributed by atoms with Crippen LogP contribution in [0.3, 0.4) is 0 Å². The Kier molecular flexibility index (Phi) is 6.40. The molecule has 1 aromatic carbocycles. The molecular weight excluding hydrogens is 440 g/mol. The third-order valence-corrected chi connectivity index (χ3v) is 8.13. The quantitative estimate of drug-likeness (QED) is 0.508. The number of hydrogen-bond donors (Lipinski definition) is 1. The molecule has 1 unspecified atom stereocenters. The Morgan fingerprint density at radius 2 is 1.94 bits per heavy atom. The minimum atomic E-state index is -3.60. The molecule has 178 valence electrons. The molecule has 1 N–H and O–H groups in total. The van der Waals surface area contributed by atoms with Gasteiger partial charge in [-0.25, -0.2) is 18.2 Å². The molecule has 33 heavy (non-hydrogen) atoms. The van der Waals surface area contributed by atoms with Crippen LogP contribution in [0.2, 0.25) is 0 Å². The van der Waals surface area contributed by atoms with E-state index in [9.17, 15) is 18.3 Å². The number of imidazole rings is 1. The van der Waals surface area contributed by atoms with Crippen molar-refractivity contribution in [2.45, 2.75) is 74.7 Å². The number of esters is 1. The summed E-state index contributed by atoms with van der Waals surface area (Å²) in [5.74, 6) is -0.625. The fraction of sp³-hybridized carbons (Fsp3) is 0.520. The second-order valence-electron chi connectivity index (χ2n) is 9.34. The molecule has 2 aliphatic rings. The molecule has 2 heterocycles. The van der Waals surface area contributed by atoms with Crippen molar-refractivity contribution in [3.8, 4) is 0 Å². The van der Waals surface area contributed by atoms with Crippen LogP contribution < -0.4 is 0 Å². The topological polar surface area (TPSA) is 98.5 Å². The second kappa shape index (κ2) is 8.97. The van der Waals surface area contributed by atoms with Gasteiger partial charge in [-0.05, 0) is 42.7 Å². The van der Waals surface area contributed by atoms with E-state index in [1.165, 1.54) is 12.5 Å². The van der Waals surface area contributed by atoms with Gasteiger partial charge in [0.1, 0.15) is 5.76 Å². The number of sulfone groups is 1. The molecule has 1 aliphatic heterocycles. The zero-order valence-corrected chi connectivity index (χ0v) is 20.3. The minimum Gasteiger partial charge on any atom is -0.507 e. The van der Waals surface area contributed by atoms with Gasteiger partial charge in [0.05, 0.1) is 17.7 Å². The van der Waals surface area contributed by atoms with Crippen molar-refractivity contribution in [1.29, 1.82) is 0 Å². The van der Waals surface area contributed by atoms with E-state index in [0.29, 0.717) is 24.0 Å². The number of carbonyl (C=O) groups excluding carboxylic acids is 1. The smallest absolute Gasteiger partial charge is 0.339 e. The highest BCUT2D eigenvalue weighted by molar-refractivity contribution is 7.90. The standard InChI is InChI=1S/C25H32N2O5S/c1-4-11-25(12-5-2)23(28)22(24(29)32-25)21(18-9-10-18)19-8-6-7-17(13-19)15-33(30,31)20-14-27(3)16-26-20/h6-8,13-14,16,18,21,28H,4-5,9-12,15H2,1-3H3. The van der Waals surface area contributed by atoms with Crippen molar-refractivity contribution in [2.75, 3.05) is 0 Å². The number of aryl methyl sites for hydroxylation is 1. The maximum Gasteiger partial charge on any atom is 0.339 e. The van der Waals surface area contributed by atoms with Crippen molar-refractivity contribution in [1.82, 2.24) is 9.55 Å². The van der Waals surface area contributed by atoms with Gasteiger partial charge in [0.15, 0.2) is 10.6 Å².